The molecule has 0 aromatic heterocycles. The highest BCUT2D eigenvalue weighted by atomic mass is 19.4. The van der Waals surface area contributed by atoms with E-state index in [-0.39, 0.29) is 54.6 Å². The van der Waals surface area contributed by atoms with Crippen molar-refractivity contribution in [3.8, 4) is 6.07 Å². The van der Waals surface area contributed by atoms with Gasteiger partial charge in [-0.25, -0.2) is 4.79 Å². The second-order valence-corrected chi connectivity index (χ2v) is 8.99. The minimum absolute atomic E-state index is 0.0337. The second-order valence-electron chi connectivity index (χ2n) is 8.99. The van der Waals surface area contributed by atoms with E-state index in [2.05, 4.69) is 6.92 Å². The van der Waals surface area contributed by atoms with Crippen LogP contribution in [0, 0.1) is 17.2 Å². The van der Waals surface area contributed by atoms with Gasteiger partial charge in [0.1, 0.15) is 0 Å². The second kappa shape index (κ2) is 13.0. The van der Waals surface area contributed by atoms with Crippen molar-refractivity contribution in [1.29, 1.82) is 5.26 Å². The number of benzene rings is 1. The Labute approximate surface area is 207 Å². The van der Waals surface area contributed by atoms with E-state index in [4.69, 9.17) is 10.00 Å². The molecule has 0 spiro atoms. The highest BCUT2D eigenvalue weighted by Crippen LogP contribution is 2.40. The lowest BCUT2D eigenvalue weighted by molar-refractivity contribution is -0.143. The van der Waals surface area contributed by atoms with Gasteiger partial charge in [0.05, 0.1) is 23.8 Å². The zero-order valence-electron chi connectivity index (χ0n) is 20.5. The topological polar surface area (TPSA) is 50.1 Å². The van der Waals surface area contributed by atoms with Crippen molar-refractivity contribution in [2.24, 2.45) is 5.92 Å². The van der Waals surface area contributed by atoms with Crippen LogP contribution in [0.4, 0.5) is 26.3 Å². The third kappa shape index (κ3) is 8.42. The van der Waals surface area contributed by atoms with Gasteiger partial charge >= 0.3 is 18.3 Å². The van der Waals surface area contributed by atoms with Crippen molar-refractivity contribution in [1.82, 2.24) is 0 Å². The lowest BCUT2D eigenvalue weighted by Crippen LogP contribution is -2.17. The molecule has 2 rings (SSSR count). The van der Waals surface area contributed by atoms with Crippen molar-refractivity contribution in [3.63, 3.8) is 0 Å². The molecule has 0 amide bonds. The number of nitriles is 1. The molecule has 0 saturated heterocycles. The number of allylic oxidation sites excluding steroid dienone is 3. The average molecular weight is 516 g/mol. The minimum Gasteiger partial charge on any atom is -0.462 e. The molecule has 1 aromatic rings. The molecule has 0 heterocycles. The molecule has 0 fully saturated rings. The summed E-state index contributed by atoms with van der Waals surface area (Å²) in [6, 6.07) is 3.48. The summed E-state index contributed by atoms with van der Waals surface area (Å²) in [5.74, 6) is -0.396. The molecule has 0 radical (unpaired) electrons. The lowest BCUT2D eigenvalue weighted by atomic mass is 9.86. The maximum Gasteiger partial charge on any atom is 0.416 e. The minimum atomic E-state index is -4.95. The summed E-state index contributed by atoms with van der Waals surface area (Å²) in [5.41, 5.74) is -1.93. The van der Waals surface area contributed by atoms with E-state index in [0.29, 0.717) is 30.5 Å². The van der Waals surface area contributed by atoms with E-state index in [1.165, 1.54) is 6.08 Å². The molecule has 0 saturated carbocycles. The van der Waals surface area contributed by atoms with Crippen molar-refractivity contribution < 1.29 is 35.9 Å². The zero-order valence-corrected chi connectivity index (χ0v) is 20.5. The summed E-state index contributed by atoms with van der Waals surface area (Å²) in [4.78, 5) is 12.9. The Morgan fingerprint density at radius 1 is 1.06 bits per heavy atom. The van der Waals surface area contributed by atoms with Gasteiger partial charge in [0.2, 0.25) is 0 Å². The van der Waals surface area contributed by atoms with E-state index in [1.807, 2.05) is 13.0 Å². The molecule has 0 N–H and O–H groups in total. The SMILES string of the molecule is CCCCC(CC)COC(=O)/C(CCC#N)=C1/C=C(c2cc(C(F)(F)F)cc(C(F)(F)F)c2)CCC1. The highest BCUT2D eigenvalue weighted by Gasteiger charge is 2.37. The third-order valence-electron chi connectivity index (χ3n) is 6.31. The molecule has 1 aromatic carbocycles. The standard InChI is InChI=1S/C27H31F6NO2/c1-3-5-8-18(4-2)17-36-25(35)24(11-7-12-34)20-10-6-9-19(13-20)21-14-22(26(28,29)30)16-23(15-21)27(31,32)33/h13-16,18H,3-11,17H2,1-2H3/b24-20+. The van der Waals surface area contributed by atoms with Gasteiger partial charge in [-0.3, -0.25) is 0 Å². The van der Waals surface area contributed by atoms with Gasteiger partial charge in [-0.1, -0.05) is 39.2 Å². The molecule has 3 nitrogen and oxygen atoms in total. The molecular weight excluding hydrogens is 484 g/mol. The Balaban J connectivity index is 2.46. The van der Waals surface area contributed by atoms with Crippen molar-refractivity contribution in [2.45, 2.75) is 84.0 Å². The maximum atomic E-state index is 13.3. The average Bonchev–Trinajstić information content (AvgIpc) is 2.83. The first-order chi connectivity index (χ1) is 16.9. The number of esters is 1. The van der Waals surface area contributed by atoms with Gasteiger partial charge in [-0.15, -0.1) is 0 Å². The van der Waals surface area contributed by atoms with Crippen LogP contribution in [0.15, 0.2) is 35.4 Å². The van der Waals surface area contributed by atoms with Gasteiger partial charge in [0, 0.05) is 12.0 Å². The smallest absolute Gasteiger partial charge is 0.416 e. The Morgan fingerprint density at radius 2 is 1.69 bits per heavy atom. The number of rotatable bonds is 10. The van der Waals surface area contributed by atoms with Crippen LogP contribution >= 0.6 is 0 Å². The molecular formula is C27H31F6NO2. The third-order valence-corrected chi connectivity index (χ3v) is 6.31. The summed E-state index contributed by atoms with van der Waals surface area (Å²) in [6.07, 6.45) is -3.40. The molecule has 0 bridgehead atoms. The van der Waals surface area contributed by atoms with Gasteiger partial charge in [0.15, 0.2) is 0 Å². The van der Waals surface area contributed by atoms with E-state index in [0.717, 1.165) is 25.7 Å². The number of unbranched alkanes of at least 4 members (excludes halogenated alkanes) is 1. The molecule has 1 atom stereocenters. The van der Waals surface area contributed by atoms with Gasteiger partial charge in [-0.05, 0) is 72.9 Å². The van der Waals surface area contributed by atoms with E-state index >= 15 is 0 Å². The normalized spacial score (nSPS) is 16.7. The predicted octanol–water partition coefficient (Wildman–Crippen LogP) is 8.65. The molecule has 198 valence electrons. The molecule has 9 heteroatoms. The first-order valence-corrected chi connectivity index (χ1v) is 12.2. The zero-order chi connectivity index (χ0) is 26.9. The monoisotopic (exact) mass is 515 g/mol. The predicted molar refractivity (Wildman–Crippen MR) is 124 cm³/mol. The van der Waals surface area contributed by atoms with Crippen LogP contribution < -0.4 is 0 Å². The summed E-state index contributed by atoms with van der Waals surface area (Å²) in [6.45, 7) is 4.29. The van der Waals surface area contributed by atoms with Crippen molar-refractivity contribution >= 4 is 11.5 Å². The molecule has 0 aliphatic heterocycles. The number of halogens is 6. The number of ether oxygens (including phenoxy) is 1. The number of nitrogens with zero attached hydrogens (tertiary/aromatic N) is 1. The lowest BCUT2D eigenvalue weighted by Gasteiger charge is -2.21. The van der Waals surface area contributed by atoms with Crippen LogP contribution in [0.5, 0.6) is 0 Å². The Kier molecular flexibility index (Phi) is 10.6. The van der Waals surface area contributed by atoms with Gasteiger partial charge in [0.25, 0.3) is 0 Å². The van der Waals surface area contributed by atoms with Gasteiger partial charge < -0.3 is 4.74 Å². The summed E-state index contributed by atoms with van der Waals surface area (Å²) in [7, 11) is 0. The molecule has 1 unspecified atom stereocenters. The Bertz CT molecular complexity index is 982. The van der Waals surface area contributed by atoms with Crippen LogP contribution in [-0.4, -0.2) is 12.6 Å². The van der Waals surface area contributed by atoms with Crippen LogP contribution in [0.2, 0.25) is 0 Å². The largest absolute Gasteiger partial charge is 0.462 e. The van der Waals surface area contributed by atoms with E-state index in [1.54, 1.807) is 0 Å². The fourth-order valence-electron chi connectivity index (χ4n) is 4.18. The first kappa shape index (κ1) is 29.5. The van der Waals surface area contributed by atoms with E-state index in [9.17, 15) is 31.1 Å². The summed E-state index contributed by atoms with van der Waals surface area (Å²) < 4.78 is 85.5. The van der Waals surface area contributed by atoms with E-state index < -0.39 is 29.4 Å². The molecule has 36 heavy (non-hydrogen) atoms. The molecule has 1 aliphatic rings. The number of carbonyl (C=O) groups excluding carboxylic acids is 1. The Hall–Kier alpha value is -2.76. The Morgan fingerprint density at radius 3 is 2.22 bits per heavy atom. The van der Waals surface area contributed by atoms with Crippen LogP contribution in [0.3, 0.4) is 0 Å². The first-order valence-electron chi connectivity index (χ1n) is 12.2. The fraction of sp³-hybridized carbons (Fsp3) is 0.556. The summed E-state index contributed by atoms with van der Waals surface area (Å²) in [5, 5.41) is 9.04. The number of carbonyl (C=O) groups is 1. The van der Waals surface area contributed by atoms with Gasteiger partial charge in [-0.2, -0.15) is 31.6 Å². The fourth-order valence-corrected chi connectivity index (χ4v) is 4.18. The van der Waals surface area contributed by atoms with Crippen LogP contribution in [0.1, 0.15) is 88.3 Å². The molecule has 1 aliphatic carbocycles. The number of hydrogen-bond acceptors (Lipinski definition) is 3. The van der Waals surface area contributed by atoms with Crippen molar-refractivity contribution in [2.75, 3.05) is 6.61 Å². The van der Waals surface area contributed by atoms with Crippen LogP contribution in [-0.2, 0) is 21.9 Å². The quantitative estimate of drug-likeness (QED) is 0.178. The van der Waals surface area contributed by atoms with Crippen molar-refractivity contribution in [3.05, 3.63) is 52.1 Å². The summed E-state index contributed by atoms with van der Waals surface area (Å²) >= 11 is 0. The number of hydrogen-bond donors (Lipinski definition) is 0. The van der Waals surface area contributed by atoms with Crippen LogP contribution in [0.25, 0.3) is 5.57 Å². The highest BCUT2D eigenvalue weighted by molar-refractivity contribution is 5.91. The number of alkyl halides is 6. The maximum absolute atomic E-state index is 13.3.